The number of hydrogen-bond donors (Lipinski definition) is 1. The van der Waals surface area contributed by atoms with Crippen LogP contribution in [-0.4, -0.2) is 45.8 Å². The molecular formula is C20H34N4O. The van der Waals surface area contributed by atoms with Gasteiger partial charge in [0.15, 0.2) is 0 Å². The topological polar surface area (TPSA) is 50.2 Å². The van der Waals surface area contributed by atoms with E-state index in [9.17, 15) is 4.79 Å². The Balaban J connectivity index is 1.50. The lowest BCUT2D eigenvalue weighted by molar-refractivity contribution is -0.127. The molecule has 5 heteroatoms. The smallest absolute Gasteiger partial charge is 0.223 e. The predicted octanol–water partition coefficient (Wildman–Crippen LogP) is 2.69. The van der Waals surface area contributed by atoms with Gasteiger partial charge in [0.05, 0.1) is 6.20 Å². The fourth-order valence-electron chi connectivity index (χ4n) is 4.16. The van der Waals surface area contributed by atoms with Crippen LogP contribution in [0.3, 0.4) is 0 Å². The average molecular weight is 347 g/mol. The molecule has 1 aliphatic carbocycles. The van der Waals surface area contributed by atoms with Gasteiger partial charge >= 0.3 is 0 Å². The van der Waals surface area contributed by atoms with Gasteiger partial charge in [-0.2, -0.15) is 5.10 Å². The minimum absolute atomic E-state index is 0.0837. The summed E-state index contributed by atoms with van der Waals surface area (Å²) < 4.78 is 1.93. The number of fused-ring (bicyclic) bond motifs is 1. The van der Waals surface area contributed by atoms with Crippen molar-refractivity contribution in [3.8, 4) is 0 Å². The number of nitrogens with one attached hydrogen (secondary N) is 1. The van der Waals surface area contributed by atoms with Crippen LogP contribution in [0, 0.1) is 5.92 Å². The lowest BCUT2D eigenvalue weighted by atomic mass is 9.86. The zero-order valence-electron chi connectivity index (χ0n) is 16.2. The van der Waals surface area contributed by atoms with Crippen LogP contribution in [0.5, 0.6) is 0 Å². The van der Waals surface area contributed by atoms with Gasteiger partial charge in [-0.1, -0.05) is 12.8 Å². The SMILES string of the molecule is Cn1ncc2c1CC(C(=O)NC(C)(C)CCN1CCCCCC1)CC2. The third-order valence-corrected chi connectivity index (χ3v) is 5.93. The molecule has 1 aromatic heterocycles. The van der Waals surface area contributed by atoms with Crippen molar-refractivity contribution >= 4 is 5.91 Å². The molecule has 1 amide bonds. The zero-order chi connectivity index (χ0) is 17.9. The molecule has 5 nitrogen and oxygen atoms in total. The van der Waals surface area contributed by atoms with Gasteiger partial charge in [0.25, 0.3) is 0 Å². The van der Waals surface area contributed by atoms with Crippen LogP contribution in [0.2, 0.25) is 0 Å². The number of nitrogens with zero attached hydrogens (tertiary/aromatic N) is 3. The lowest BCUT2D eigenvalue weighted by Crippen LogP contribution is -2.48. The van der Waals surface area contributed by atoms with E-state index in [1.807, 2.05) is 17.9 Å². The van der Waals surface area contributed by atoms with Gasteiger partial charge in [0, 0.05) is 37.2 Å². The second-order valence-electron chi connectivity index (χ2n) is 8.56. The number of carbonyl (C=O) groups is 1. The number of rotatable bonds is 5. The normalized spacial score (nSPS) is 22.3. The molecule has 1 atom stereocenters. The van der Waals surface area contributed by atoms with Crippen molar-refractivity contribution in [3.05, 3.63) is 17.5 Å². The van der Waals surface area contributed by atoms with E-state index in [1.54, 1.807) is 0 Å². The van der Waals surface area contributed by atoms with Gasteiger partial charge in [-0.05, 0) is 64.6 Å². The number of aryl methyl sites for hydroxylation is 2. The maximum atomic E-state index is 12.8. The molecule has 1 unspecified atom stereocenters. The van der Waals surface area contributed by atoms with Crippen molar-refractivity contribution in [2.45, 2.75) is 70.8 Å². The quantitative estimate of drug-likeness (QED) is 0.892. The van der Waals surface area contributed by atoms with Gasteiger partial charge in [-0.3, -0.25) is 9.48 Å². The van der Waals surface area contributed by atoms with Gasteiger partial charge in [0.1, 0.15) is 0 Å². The molecule has 1 fully saturated rings. The van der Waals surface area contributed by atoms with Crippen LogP contribution in [0.4, 0.5) is 0 Å². The average Bonchev–Trinajstić information content (AvgIpc) is 2.79. The highest BCUT2D eigenvalue weighted by atomic mass is 16.2. The van der Waals surface area contributed by atoms with Crippen LogP contribution in [-0.2, 0) is 24.7 Å². The van der Waals surface area contributed by atoms with E-state index in [4.69, 9.17) is 0 Å². The van der Waals surface area contributed by atoms with Crippen molar-refractivity contribution in [2.24, 2.45) is 13.0 Å². The maximum absolute atomic E-state index is 12.8. The van der Waals surface area contributed by atoms with E-state index < -0.39 is 0 Å². The number of aromatic nitrogens is 2. The van der Waals surface area contributed by atoms with Gasteiger partial charge < -0.3 is 10.2 Å². The Morgan fingerprint density at radius 2 is 2.00 bits per heavy atom. The maximum Gasteiger partial charge on any atom is 0.223 e. The van der Waals surface area contributed by atoms with E-state index in [1.165, 1.54) is 50.0 Å². The van der Waals surface area contributed by atoms with Crippen LogP contribution < -0.4 is 5.32 Å². The molecule has 0 bridgehead atoms. The number of amides is 1. The number of carbonyl (C=O) groups excluding carboxylic acids is 1. The van der Waals surface area contributed by atoms with Crippen molar-refractivity contribution in [1.29, 1.82) is 0 Å². The highest BCUT2D eigenvalue weighted by molar-refractivity contribution is 5.80. The number of likely N-dealkylation sites (tertiary alicyclic amines) is 1. The summed E-state index contributed by atoms with van der Waals surface area (Å²) in [5, 5.41) is 7.66. The third-order valence-electron chi connectivity index (χ3n) is 5.93. The highest BCUT2D eigenvalue weighted by Gasteiger charge is 2.30. The van der Waals surface area contributed by atoms with Crippen LogP contribution in [0.25, 0.3) is 0 Å². The van der Waals surface area contributed by atoms with Crippen molar-refractivity contribution < 1.29 is 4.79 Å². The van der Waals surface area contributed by atoms with E-state index in [0.717, 1.165) is 32.2 Å². The molecular weight excluding hydrogens is 312 g/mol. The molecule has 0 spiro atoms. The molecule has 1 saturated heterocycles. The molecule has 0 radical (unpaired) electrons. The molecule has 2 heterocycles. The van der Waals surface area contributed by atoms with E-state index in [0.29, 0.717) is 0 Å². The molecule has 0 aromatic carbocycles. The summed E-state index contributed by atoms with van der Waals surface area (Å²) in [5.74, 6) is 0.299. The fourth-order valence-corrected chi connectivity index (χ4v) is 4.16. The molecule has 1 aliphatic heterocycles. The molecule has 25 heavy (non-hydrogen) atoms. The predicted molar refractivity (Wildman–Crippen MR) is 100 cm³/mol. The standard InChI is InChI=1S/C20H34N4O/c1-20(2,10-13-24-11-6-4-5-7-12-24)22-19(25)16-8-9-17-15-21-23(3)18(17)14-16/h15-16H,4-14H2,1-3H3,(H,22,25). The molecule has 0 saturated carbocycles. The summed E-state index contributed by atoms with van der Waals surface area (Å²) in [4.78, 5) is 15.4. The minimum atomic E-state index is -0.143. The second kappa shape index (κ2) is 7.90. The summed E-state index contributed by atoms with van der Waals surface area (Å²) in [7, 11) is 1.98. The Morgan fingerprint density at radius 1 is 1.28 bits per heavy atom. The van der Waals surface area contributed by atoms with Crippen molar-refractivity contribution in [2.75, 3.05) is 19.6 Å². The largest absolute Gasteiger partial charge is 0.351 e. The Hall–Kier alpha value is -1.36. The third kappa shape index (κ3) is 4.84. The van der Waals surface area contributed by atoms with Crippen LogP contribution in [0.15, 0.2) is 6.20 Å². The summed E-state index contributed by atoms with van der Waals surface area (Å²) in [6, 6.07) is 0. The Morgan fingerprint density at radius 3 is 2.72 bits per heavy atom. The van der Waals surface area contributed by atoms with E-state index in [-0.39, 0.29) is 17.4 Å². The molecule has 3 rings (SSSR count). The highest BCUT2D eigenvalue weighted by Crippen LogP contribution is 2.26. The summed E-state index contributed by atoms with van der Waals surface area (Å²) in [5.41, 5.74) is 2.40. The second-order valence-corrected chi connectivity index (χ2v) is 8.56. The number of hydrogen-bond acceptors (Lipinski definition) is 3. The summed E-state index contributed by atoms with van der Waals surface area (Å²) in [6.45, 7) is 7.86. The minimum Gasteiger partial charge on any atom is -0.351 e. The first-order chi connectivity index (χ1) is 11.9. The van der Waals surface area contributed by atoms with Crippen molar-refractivity contribution in [3.63, 3.8) is 0 Å². The summed E-state index contributed by atoms with van der Waals surface area (Å²) in [6.07, 6.45) is 11.1. The van der Waals surface area contributed by atoms with Gasteiger partial charge in [-0.15, -0.1) is 0 Å². The Bertz CT molecular complexity index is 585. The van der Waals surface area contributed by atoms with Crippen LogP contribution >= 0.6 is 0 Å². The zero-order valence-corrected chi connectivity index (χ0v) is 16.2. The fraction of sp³-hybridized carbons (Fsp3) is 0.800. The molecule has 1 N–H and O–H groups in total. The van der Waals surface area contributed by atoms with Gasteiger partial charge in [-0.25, -0.2) is 0 Å². The van der Waals surface area contributed by atoms with Gasteiger partial charge in [0.2, 0.25) is 5.91 Å². The van der Waals surface area contributed by atoms with Crippen LogP contribution in [0.1, 0.15) is 63.6 Å². The molecule has 1 aromatic rings. The first kappa shape index (κ1) is 18.4. The first-order valence-corrected chi connectivity index (χ1v) is 9.99. The Labute approximate surface area is 152 Å². The lowest BCUT2D eigenvalue weighted by Gasteiger charge is -2.32. The Kier molecular flexibility index (Phi) is 5.82. The van der Waals surface area contributed by atoms with Crippen molar-refractivity contribution in [1.82, 2.24) is 20.0 Å². The van der Waals surface area contributed by atoms with E-state index >= 15 is 0 Å². The first-order valence-electron chi connectivity index (χ1n) is 9.99. The van der Waals surface area contributed by atoms with E-state index in [2.05, 4.69) is 29.2 Å². The molecule has 140 valence electrons. The monoisotopic (exact) mass is 346 g/mol. The summed E-state index contributed by atoms with van der Waals surface area (Å²) >= 11 is 0. The molecule has 2 aliphatic rings.